The summed E-state index contributed by atoms with van der Waals surface area (Å²) < 4.78 is 5.38. The highest BCUT2D eigenvalue weighted by Crippen LogP contribution is 2.23. The lowest BCUT2D eigenvalue weighted by Crippen LogP contribution is -2.40. The standard InChI is InChI=1S/C13H17N3O2S2/c1-19-6-4-10(14)12(17)15-7-9-8-18-13(16-9)11-3-2-5-20-11/h2-3,5,8,10H,4,6-7,14H2,1H3,(H,15,17)/t10-/m0/s1. The number of nitrogens with zero attached hydrogens (tertiary/aromatic N) is 1. The molecule has 7 heteroatoms. The number of amides is 1. The van der Waals surface area contributed by atoms with E-state index in [1.54, 1.807) is 29.4 Å². The van der Waals surface area contributed by atoms with Crippen LogP contribution in [0.3, 0.4) is 0 Å². The van der Waals surface area contributed by atoms with Gasteiger partial charge >= 0.3 is 0 Å². The van der Waals surface area contributed by atoms with Crippen LogP contribution >= 0.6 is 23.1 Å². The Labute approximate surface area is 126 Å². The van der Waals surface area contributed by atoms with Crippen LogP contribution in [0.25, 0.3) is 10.8 Å². The van der Waals surface area contributed by atoms with Crippen molar-refractivity contribution in [2.45, 2.75) is 19.0 Å². The van der Waals surface area contributed by atoms with Gasteiger partial charge in [0.1, 0.15) is 6.26 Å². The van der Waals surface area contributed by atoms with Gasteiger partial charge in [0, 0.05) is 0 Å². The Morgan fingerprint density at radius 1 is 1.65 bits per heavy atom. The van der Waals surface area contributed by atoms with Crippen molar-refractivity contribution in [1.29, 1.82) is 0 Å². The van der Waals surface area contributed by atoms with Crippen LogP contribution in [0.4, 0.5) is 0 Å². The van der Waals surface area contributed by atoms with E-state index in [9.17, 15) is 4.79 Å². The topological polar surface area (TPSA) is 81.2 Å². The number of thiophene rings is 1. The van der Waals surface area contributed by atoms with Crippen molar-refractivity contribution in [3.8, 4) is 10.8 Å². The molecule has 2 aromatic rings. The van der Waals surface area contributed by atoms with Crippen LogP contribution in [-0.2, 0) is 11.3 Å². The molecule has 0 radical (unpaired) electrons. The number of rotatable bonds is 7. The van der Waals surface area contributed by atoms with Crippen LogP contribution in [0.15, 0.2) is 28.2 Å². The van der Waals surface area contributed by atoms with E-state index in [4.69, 9.17) is 10.2 Å². The van der Waals surface area contributed by atoms with E-state index in [0.29, 0.717) is 24.6 Å². The van der Waals surface area contributed by atoms with E-state index in [2.05, 4.69) is 10.3 Å². The van der Waals surface area contributed by atoms with Gasteiger partial charge in [0.05, 0.1) is 23.2 Å². The quantitative estimate of drug-likeness (QED) is 0.818. The van der Waals surface area contributed by atoms with Crippen LogP contribution in [-0.4, -0.2) is 28.9 Å². The lowest BCUT2D eigenvalue weighted by Gasteiger charge is -2.10. The number of nitrogens with one attached hydrogen (secondary N) is 1. The SMILES string of the molecule is CSCC[C@H](N)C(=O)NCc1coc(-c2cccs2)n1. The van der Waals surface area contributed by atoms with Crippen LogP contribution in [0.1, 0.15) is 12.1 Å². The summed E-state index contributed by atoms with van der Waals surface area (Å²) >= 11 is 3.24. The molecule has 0 saturated carbocycles. The maximum atomic E-state index is 11.8. The highest BCUT2D eigenvalue weighted by Gasteiger charge is 2.13. The van der Waals surface area contributed by atoms with Crippen LogP contribution in [0.5, 0.6) is 0 Å². The Bertz CT molecular complexity index is 540. The molecule has 2 rings (SSSR count). The fourth-order valence-electron chi connectivity index (χ4n) is 1.59. The third-order valence-corrected chi connectivity index (χ3v) is 4.20. The first kappa shape index (κ1) is 15.1. The lowest BCUT2D eigenvalue weighted by atomic mass is 10.2. The zero-order valence-corrected chi connectivity index (χ0v) is 12.8. The molecule has 0 unspecified atom stereocenters. The minimum atomic E-state index is -0.467. The zero-order chi connectivity index (χ0) is 14.4. The van der Waals surface area contributed by atoms with Crippen molar-refractivity contribution in [2.24, 2.45) is 5.73 Å². The van der Waals surface area contributed by atoms with E-state index < -0.39 is 6.04 Å². The highest BCUT2D eigenvalue weighted by atomic mass is 32.2. The van der Waals surface area contributed by atoms with E-state index >= 15 is 0 Å². The maximum absolute atomic E-state index is 11.8. The number of nitrogens with two attached hydrogens (primary N) is 1. The molecule has 0 spiro atoms. The molecule has 1 atom stereocenters. The Hall–Kier alpha value is -1.31. The molecule has 108 valence electrons. The van der Waals surface area contributed by atoms with Crippen LogP contribution in [0, 0.1) is 0 Å². The highest BCUT2D eigenvalue weighted by molar-refractivity contribution is 7.98. The fourth-order valence-corrected chi connectivity index (χ4v) is 2.73. The van der Waals surface area contributed by atoms with Gasteiger partial charge in [-0.25, -0.2) is 4.98 Å². The molecule has 5 nitrogen and oxygen atoms in total. The predicted molar refractivity (Wildman–Crippen MR) is 82.6 cm³/mol. The number of carbonyl (C=O) groups excluding carboxylic acids is 1. The van der Waals surface area contributed by atoms with Gasteiger partial charge < -0.3 is 15.5 Å². The first-order valence-corrected chi connectivity index (χ1v) is 8.48. The summed E-state index contributed by atoms with van der Waals surface area (Å²) in [6.45, 7) is 0.334. The van der Waals surface area contributed by atoms with Crippen molar-refractivity contribution in [2.75, 3.05) is 12.0 Å². The summed E-state index contributed by atoms with van der Waals surface area (Å²) in [6.07, 6.45) is 4.22. The van der Waals surface area contributed by atoms with Gasteiger partial charge in [0.25, 0.3) is 0 Å². The van der Waals surface area contributed by atoms with E-state index in [0.717, 1.165) is 10.6 Å². The maximum Gasteiger partial charge on any atom is 0.237 e. The molecule has 0 saturated heterocycles. The molecule has 0 aliphatic carbocycles. The third kappa shape index (κ3) is 4.09. The molecular weight excluding hydrogens is 294 g/mol. The number of hydrogen-bond donors (Lipinski definition) is 2. The van der Waals surface area contributed by atoms with Crippen LogP contribution in [0.2, 0.25) is 0 Å². The van der Waals surface area contributed by atoms with Crippen molar-refractivity contribution in [1.82, 2.24) is 10.3 Å². The Balaban J connectivity index is 1.84. The molecule has 0 fully saturated rings. The third-order valence-electron chi connectivity index (χ3n) is 2.70. The largest absolute Gasteiger partial charge is 0.443 e. The Kier molecular flexibility index (Phi) is 5.63. The molecule has 2 heterocycles. The summed E-state index contributed by atoms with van der Waals surface area (Å²) in [5.41, 5.74) is 6.48. The fraction of sp³-hybridized carbons (Fsp3) is 0.385. The van der Waals surface area contributed by atoms with Crippen molar-refractivity contribution >= 4 is 29.0 Å². The zero-order valence-electron chi connectivity index (χ0n) is 11.2. The molecule has 0 aliphatic rings. The molecule has 0 aliphatic heterocycles. The molecule has 20 heavy (non-hydrogen) atoms. The number of oxazole rings is 1. The van der Waals surface area contributed by atoms with E-state index in [-0.39, 0.29) is 5.91 Å². The molecule has 0 bridgehead atoms. The van der Waals surface area contributed by atoms with E-state index in [1.165, 1.54) is 0 Å². The Morgan fingerprint density at radius 3 is 3.20 bits per heavy atom. The normalized spacial score (nSPS) is 12.3. The molecule has 3 N–H and O–H groups in total. The minimum Gasteiger partial charge on any atom is -0.443 e. The average Bonchev–Trinajstić information content (AvgIpc) is 3.12. The van der Waals surface area contributed by atoms with Crippen LogP contribution < -0.4 is 11.1 Å². The van der Waals surface area contributed by atoms with Crippen molar-refractivity contribution < 1.29 is 9.21 Å². The van der Waals surface area contributed by atoms with Gasteiger partial charge in [-0.3, -0.25) is 4.79 Å². The molecule has 1 amide bonds. The van der Waals surface area contributed by atoms with E-state index in [1.807, 2.05) is 23.8 Å². The second-order valence-corrected chi connectivity index (χ2v) is 6.16. The van der Waals surface area contributed by atoms with Gasteiger partial charge in [0.15, 0.2) is 0 Å². The summed E-state index contributed by atoms with van der Waals surface area (Å²) in [7, 11) is 0. The molecule has 2 aromatic heterocycles. The van der Waals surface area contributed by atoms with Gasteiger partial charge in [0.2, 0.25) is 11.8 Å². The second kappa shape index (κ2) is 7.47. The summed E-state index contributed by atoms with van der Waals surface area (Å²) in [4.78, 5) is 17.1. The van der Waals surface area contributed by atoms with Crippen molar-refractivity contribution in [3.05, 3.63) is 29.5 Å². The molecule has 0 aromatic carbocycles. The summed E-state index contributed by atoms with van der Waals surface area (Å²) in [6, 6.07) is 3.42. The first-order valence-electron chi connectivity index (χ1n) is 6.21. The monoisotopic (exact) mass is 311 g/mol. The minimum absolute atomic E-state index is 0.153. The average molecular weight is 311 g/mol. The lowest BCUT2D eigenvalue weighted by molar-refractivity contribution is -0.122. The van der Waals surface area contributed by atoms with Crippen molar-refractivity contribution in [3.63, 3.8) is 0 Å². The second-order valence-electron chi connectivity index (χ2n) is 4.23. The number of hydrogen-bond acceptors (Lipinski definition) is 6. The predicted octanol–water partition coefficient (Wildman–Crippen LogP) is 2.10. The number of carbonyl (C=O) groups is 1. The van der Waals surface area contributed by atoms with Gasteiger partial charge in [-0.1, -0.05) is 6.07 Å². The summed E-state index contributed by atoms with van der Waals surface area (Å²) in [5.74, 6) is 1.30. The first-order chi connectivity index (χ1) is 9.70. The van der Waals surface area contributed by atoms with Gasteiger partial charge in [-0.05, 0) is 29.9 Å². The number of thioether (sulfide) groups is 1. The van der Waals surface area contributed by atoms with Gasteiger partial charge in [-0.2, -0.15) is 11.8 Å². The number of aromatic nitrogens is 1. The Morgan fingerprint density at radius 2 is 2.50 bits per heavy atom. The smallest absolute Gasteiger partial charge is 0.237 e. The van der Waals surface area contributed by atoms with Gasteiger partial charge in [-0.15, -0.1) is 11.3 Å². The molecular formula is C13H17N3O2S2. The summed E-state index contributed by atoms with van der Waals surface area (Å²) in [5, 5.41) is 4.74.